The molecule has 132 valence electrons. The lowest BCUT2D eigenvalue weighted by Crippen LogP contribution is -2.19. The molecule has 0 radical (unpaired) electrons. The highest BCUT2D eigenvalue weighted by Crippen LogP contribution is 2.26. The fraction of sp³-hybridized carbons (Fsp3) is 0.105. The molecule has 1 amide bonds. The Balaban J connectivity index is 1.73. The summed E-state index contributed by atoms with van der Waals surface area (Å²) in [6.07, 6.45) is 3.38. The molecule has 0 bridgehead atoms. The molecule has 1 heterocycles. The van der Waals surface area contributed by atoms with E-state index in [1.165, 1.54) is 11.8 Å². The van der Waals surface area contributed by atoms with Crippen molar-refractivity contribution >= 4 is 35.1 Å². The highest BCUT2D eigenvalue weighted by atomic mass is 32.2. The van der Waals surface area contributed by atoms with E-state index in [9.17, 15) is 4.79 Å². The predicted molar refractivity (Wildman–Crippen MR) is 105 cm³/mol. The summed E-state index contributed by atoms with van der Waals surface area (Å²) < 4.78 is 10.5. The molecular formula is C19H17N3O3S. The van der Waals surface area contributed by atoms with Crippen molar-refractivity contribution in [2.45, 2.75) is 0 Å². The van der Waals surface area contributed by atoms with Gasteiger partial charge in [-0.2, -0.15) is 5.10 Å². The van der Waals surface area contributed by atoms with E-state index in [0.717, 1.165) is 11.1 Å². The second kappa shape index (κ2) is 8.35. The van der Waals surface area contributed by atoms with E-state index in [-0.39, 0.29) is 5.91 Å². The topological polar surface area (TPSA) is 72.3 Å². The summed E-state index contributed by atoms with van der Waals surface area (Å²) >= 11 is 1.25. The van der Waals surface area contributed by atoms with Gasteiger partial charge in [0, 0.05) is 11.6 Å². The summed E-state index contributed by atoms with van der Waals surface area (Å²) in [7, 11) is 3.17. The quantitative estimate of drug-likeness (QED) is 0.500. The third kappa shape index (κ3) is 4.31. The van der Waals surface area contributed by atoms with Crippen molar-refractivity contribution in [1.82, 2.24) is 5.32 Å². The molecule has 6 nitrogen and oxygen atoms in total. The number of methoxy groups -OCH3 is 2. The first-order valence-corrected chi connectivity index (χ1v) is 8.60. The lowest BCUT2D eigenvalue weighted by Gasteiger charge is -2.06. The first-order valence-electron chi connectivity index (χ1n) is 7.78. The average molecular weight is 367 g/mol. The Morgan fingerprint density at radius 3 is 2.62 bits per heavy atom. The first kappa shape index (κ1) is 17.8. The van der Waals surface area contributed by atoms with Gasteiger partial charge in [-0.3, -0.25) is 10.1 Å². The smallest absolute Gasteiger partial charge is 0.264 e. The second-order valence-corrected chi connectivity index (χ2v) is 6.26. The summed E-state index contributed by atoms with van der Waals surface area (Å²) in [6.45, 7) is 0. The molecule has 0 spiro atoms. The van der Waals surface area contributed by atoms with Crippen LogP contribution in [0.3, 0.4) is 0 Å². The Morgan fingerprint density at radius 2 is 1.88 bits per heavy atom. The minimum absolute atomic E-state index is 0.185. The van der Waals surface area contributed by atoms with Crippen LogP contribution in [0.25, 0.3) is 6.08 Å². The normalized spacial score (nSPS) is 17.1. The van der Waals surface area contributed by atoms with Crippen LogP contribution in [0.5, 0.6) is 11.5 Å². The maximum atomic E-state index is 12.0. The molecule has 1 saturated heterocycles. The van der Waals surface area contributed by atoms with Crippen LogP contribution in [0.2, 0.25) is 0 Å². The zero-order chi connectivity index (χ0) is 18.4. The number of carbonyl (C=O) groups excluding carboxylic acids is 1. The van der Waals surface area contributed by atoms with Crippen LogP contribution >= 0.6 is 11.8 Å². The van der Waals surface area contributed by atoms with Gasteiger partial charge in [0.25, 0.3) is 5.91 Å². The molecule has 1 N–H and O–H groups in total. The molecule has 26 heavy (non-hydrogen) atoms. The van der Waals surface area contributed by atoms with Crippen molar-refractivity contribution in [3.05, 3.63) is 64.6 Å². The van der Waals surface area contributed by atoms with Gasteiger partial charge < -0.3 is 9.47 Å². The average Bonchev–Trinajstić information content (AvgIpc) is 3.02. The number of hydrogen-bond donors (Lipinski definition) is 1. The highest BCUT2D eigenvalue weighted by Gasteiger charge is 2.23. The number of carbonyl (C=O) groups is 1. The van der Waals surface area contributed by atoms with Crippen molar-refractivity contribution < 1.29 is 14.3 Å². The molecule has 7 heteroatoms. The van der Waals surface area contributed by atoms with E-state index in [4.69, 9.17) is 9.47 Å². The number of ether oxygens (including phenoxy) is 2. The molecule has 0 aliphatic carbocycles. The number of nitrogens with zero attached hydrogens (tertiary/aromatic N) is 2. The molecule has 0 saturated carbocycles. The Labute approximate surface area is 155 Å². The van der Waals surface area contributed by atoms with Gasteiger partial charge in [-0.1, -0.05) is 30.3 Å². The number of rotatable bonds is 5. The highest BCUT2D eigenvalue weighted by molar-refractivity contribution is 8.18. The molecular weight excluding hydrogens is 350 g/mol. The summed E-state index contributed by atoms with van der Waals surface area (Å²) in [5.74, 6) is 1.13. The fourth-order valence-corrected chi connectivity index (χ4v) is 3.02. The van der Waals surface area contributed by atoms with Gasteiger partial charge in [-0.05, 0) is 35.5 Å². The van der Waals surface area contributed by atoms with Crippen LogP contribution in [0.15, 0.2) is 63.6 Å². The van der Waals surface area contributed by atoms with Gasteiger partial charge in [-0.15, -0.1) is 5.10 Å². The number of benzene rings is 2. The number of hydrogen-bond acceptors (Lipinski definition) is 6. The maximum Gasteiger partial charge on any atom is 0.264 e. The molecule has 0 aromatic heterocycles. The monoisotopic (exact) mass is 367 g/mol. The van der Waals surface area contributed by atoms with Gasteiger partial charge in [0.05, 0.1) is 25.3 Å². The van der Waals surface area contributed by atoms with E-state index < -0.39 is 0 Å². The standard InChI is InChI=1S/C19H17N3O3S/c1-24-15-9-8-14(16(11-15)25-2)12-20-22-19-21-18(23)17(26-19)10-13-6-4-3-5-7-13/h3-12H,1-2H3,(H,21,22,23)/b17-10+,20-12+. The predicted octanol–water partition coefficient (Wildman–Crippen LogP) is 3.30. The van der Waals surface area contributed by atoms with Gasteiger partial charge in [0.1, 0.15) is 11.5 Å². The number of nitrogens with one attached hydrogen (secondary N) is 1. The number of thioether (sulfide) groups is 1. The van der Waals surface area contributed by atoms with Crippen LogP contribution in [0.1, 0.15) is 11.1 Å². The van der Waals surface area contributed by atoms with Crippen molar-refractivity contribution in [2.24, 2.45) is 10.2 Å². The van der Waals surface area contributed by atoms with Crippen LogP contribution in [-0.4, -0.2) is 31.5 Å². The van der Waals surface area contributed by atoms with Crippen LogP contribution in [0.4, 0.5) is 0 Å². The Hall–Kier alpha value is -3.06. The molecule has 2 aromatic carbocycles. The number of amides is 1. The lowest BCUT2D eigenvalue weighted by atomic mass is 10.2. The van der Waals surface area contributed by atoms with E-state index in [0.29, 0.717) is 21.6 Å². The van der Waals surface area contributed by atoms with Gasteiger partial charge in [0.2, 0.25) is 0 Å². The summed E-state index contributed by atoms with van der Waals surface area (Å²) in [5.41, 5.74) is 1.71. The minimum Gasteiger partial charge on any atom is -0.497 e. The third-order valence-electron chi connectivity index (χ3n) is 3.53. The van der Waals surface area contributed by atoms with Gasteiger partial charge in [0.15, 0.2) is 5.17 Å². The van der Waals surface area contributed by atoms with Crippen molar-refractivity contribution in [3.63, 3.8) is 0 Å². The Kier molecular flexibility index (Phi) is 5.70. The zero-order valence-corrected chi connectivity index (χ0v) is 15.1. The van der Waals surface area contributed by atoms with Crippen LogP contribution in [-0.2, 0) is 4.79 Å². The summed E-state index contributed by atoms with van der Waals surface area (Å²) in [4.78, 5) is 12.6. The minimum atomic E-state index is -0.185. The molecule has 0 unspecified atom stereocenters. The summed E-state index contributed by atoms with van der Waals surface area (Å²) in [5, 5.41) is 11.2. The first-order chi connectivity index (χ1) is 12.7. The zero-order valence-electron chi connectivity index (χ0n) is 14.3. The molecule has 0 atom stereocenters. The van der Waals surface area contributed by atoms with E-state index >= 15 is 0 Å². The van der Waals surface area contributed by atoms with E-state index in [1.54, 1.807) is 26.5 Å². The summed E-state index contributed by atoms with van der Waals surface area (Å²) in [6, 6.07) is 15.0. The second-order valence-electron chi connectivity index (χ2n) is 5.23. The van der Waals surface area contributed by atoms with Gasteiger partial charge in [-0.25, -0.2) is 0 Å². The molecule has 1 aliphatic heterocycles. The lowest BCUT2D eigenvalue weighted by molar-refractivity contribution is -0.115. The largest absolute Gasteiger partial charge is 0.497 e. The Morgan fingerprint density at radius 1 is 1.08 bits per heavy atom. The Bertz CT molecular complexity index is 892. The van der Waals surface area contributed by atoms with Crippen LogP contribution < -0.4 is 14.8 Å². The van der Waals surface area contributed by atoms with Gasteiger partial charge >= 0.3 is 0 Å². The van der Waals surface area contributed by atoms with Crippen molar-refractivity contribution in [1.29, 1.82) is 0 Å². The maximum absolute atomic E-state index is 12.0. The van der Waals surface area contributed by atoms with Crippen molar-refractivity contribution in [3.8, 4) is 11.5 Å². The third-order valence-corrected chi connectivity index (χ3v) is 4.43. The van der Waals surface area contributed by atoms with E-state index in [1.807, 2.05) is 48.5 Å². The molecule has 1 aliphatic rings. The molecule has 3 rings (SSSR count). The molecule has 1 fully saturated rings. The van der Waals surface area contributed by atoms with Crippen molar-refractivity contribution in [2.75, 3.05) is 14.2 Å². The fourth-order valence-electron chi connectivity index (χ4n) is 2.24. The van der Waals surface area contributed by atoms with E-state index in [2.05, 4.69) is 15.5 Å². The number of amidine groups is 1. The van der Waals surface area contributed by atoms with Crippen LogP contribution in [0, 0.1) is 0 Å². The molecule has 2 aromatic rings. The SMILES string of the molecule is COc1ccc(/C=N/N=C2/NC(=O)/C(=C\c3ccccc3)S2)c(OC)c1.